The van der Waals surface area contributed by atoms with Gasteiger partial charge in [0.25, 0.3) is 0 Å². The highest BCUT2D eigenvalue weighted by molar-refractivity contribution is 7.89. The van der Waals surface area contributed by atoms with Gasteiger partial charge in [0.1, 0.15) is 4.90 Å². The monoisotopic (exact) mass is 298 g/mol. The summed E-state index contributed by atoms with van der Waals surface area (Å²) in [4.78, 5) is 22.5. The molecule has 1 saturated carbocycles. The van der Waals surface area contributed by atoms with Crippen LogP contribution in [0, 0.1) is 11.8 Å². The Kier molecular flexibility index (Phi) is 3.78. The van der Waals surface area contributed by atoms with Crippen molar-refractivity contribution in [2.24, 2.45) is 11.8 Å². The van der Waals surface area contributed by atoms with Gasteiger partial charge in [0, 0.05) is 0 Å². The van der Waals surface area contributed by atoms with Crippen molar-refractivity contribution in [1.29, 1.82) is 0 Å². The fourth-order valence-corrected chi connectivity index (χ4v) is 2.78. The molecular weight excluding hydrogens is 284 g/mol. The second kappa shape index (κ2) is 5.22. The van der Waals surface area contributed by atoms with Crippen LogP contribution >= 0.6 is 0 Å². The van der Waals surface area contributed by atoms with E-state index in [9.17, 15) is 18.0 Å². The molecule has 0 heterocycles. The van der Waals surface area contributed by atoms with Gasteiger partial charge in [-0.1, -0.05) is 12.1 Å². The Morgan fingerprint density at radius 1 is 1.25 bits per heavy atom. The van der Waals surface area contributed by atoms with Crippen molar-refractivity contribution >= 4 is 27.6 Å². The summed E-state index contributed by atoms with van der Waals surface area (Å²) in [5, 5.41) is 11.3. The highest BCUT2D eigenvalue weighted by atomic mass is 32.2. The Bertz CT molecular complexity index is 656. The van der Waals surface area contributed by atoms with Crippen molar-refractivity contribution < 1.29 is 23.1 Å². The first-order chi connectivity index (χ1) is 9.36. The lowest BCUT2D eigenvalue weighted by atomic mass is 10.2. The summed E-state index contributed by atoms with van der Waals surface area (Å²) in [6.45, 7) is 0. The molecule has 0 radical (unpaired) electrons. The number of carboxylic acids is 1. The lowest BCUT2D eigenvalue weighted by Crippen LogP contribution is -2.23. The third-order valence-electron chi connectivity index (χ3n) is 3.15. The van der Waals surface area contributed by atoms with E-state index in [0.29, 0.717) is 0 Å². The number of amides is 1. The number of carboxylic acid groups (broad SMARTS) is 1. The molecule has 0 aliphatic heterocycles. The van der Waals surface area contributed by atoms with E-state index in [1.807, 2.05) is 0 Å². The molecule has 3 N–H and O–H groups in total. The molecule has 1 aliphatic carbocycles. The van der Waals surface area contributed by atoms with Crippen molar-refractivity contribution in [3.05, 3.63) is 24.3 Å². The maximum absolute atomic E-state index is 11.9. The topological polar surface area (TPSA) is 113 Å². The summed E-state index contributed by atoms with van der Waals surface area (Å²) in [6, 6.07) is 5.95. The number of hydrogen-bond acceptors (Lipinski definition) is 4. The van der Waals surface area contributed by atoms with E-state index in [2.05, 4.69) is 10.0 Å². The number of nitrogens with one attached hydrogen (secondary N) is 2. The van der Waals surface area contributed by atoms with Gasteiger partial charge in [-0.15, -0.1) is 0 Å². The standard InChI is InChI=1S/C12H14N2O5S/c1-13-20(18,19)10-5-3-2-4-9(10)14-11(15)7-6-8(7)12(16)17/h2-5,7-8,13H,6H2,1H3,(H,14,15)(H,16,17). The lowest BCUT2D eigenvalue weighted by molar-refractivity contribution is -0.139. The van der Waals surface area contributed by atoms with Crippen molar-refractivity contribution in [2.45, 2.75) is 11.3 Å². The molecule has 0 aromatic heterocycles. The Balaban J connectivity index is 2.19. The molecule has 0 bridgehead atoms. The SMILES string of the molecule is CNS(=O)(=O)c1ccccc1NC(=O)C1CC1C(=O)O. The van der Waals surface area contributed by atoms with Gasteiger partial charge in [0.2, 0.25) is 15.9 Å². The summed E-state index contributed by atoms with van der Waals surface area (Å²) in [5.41, 5.74) is 0.142. The largest absolute Gasteiger partial charge is 0.481 e. The van der Waals surface area contributed by atoms with Gasteiger partial charge in [-0.05, 0) is 25.6 Å². The van der Waals surface area contributed by atoms with Gasteiger partial charge in [-0.2, -0.15) is 0 Å². The number of sulfonamides is 1. The molecule has 7 nitrogen and oxygen atoms in total. The Morgan fingerprint density at radius 3 is 2.45 bits per heavy atom. The number of hydrogen-bond donors (Lipinski definition) is 3. The van der Waals surface area contributed by atoms with Crippen molar-refractivity contribution in [2.75, 3.05) is 12.4 Å². The predicted molar refractivity (Wildman–Crippen MR) is 70.6 cm³/mol. The second-order valence-electron chi connectivity index (χ2n) is 4.48. The number of anilines is 1. The number of benzene rings is 1. The van der Waals surface area contributed by atoms with Crippen LogP contribution in [-0.4, -0.2) is 32.4 Å². The zero-order valence-corrected chi connectivity index (χ0v) is 11.5. The third-order valence-corrected chi connectivity index (χ3v) is 4.62. The van der Waals surface area contributed by atoms with E-state index in [1.165, 1.54) is 25.2 Å². The van der Waals surface area contributed by atoms with Crippen molar-refractivity contribution in [3.8, 4) is 0 Å². The molecule has 8 heteroatoms. The quantitative estimate of drug-likeness (QED) is 0.721. The fourth-order valence-electron chi connectivity index (χ4n) is 1.90. The molecule has 1 amide bonds. The molecule has 2 atom stereocenters. The third kappa shape index (κ3) is 2.81. The van der Waals surface area contributed by atoms with Gasteiger partial charge in [-0.3, -0.25) is 9.59 Å². The first-order valence-corrected chi connectivity index (χ1v) is 7.41. The summed E-state index contributed by atoms with van der Waals surface area (Å²) >= 11 is 0. The smallest absolute Gasteiger partial charge is 0.307 e. The molecule has 1 aromatic rings. The first-order valence-electron chi connectivity index (χ1n) is 5.93. The van der Waals surface area contributed by atoms with E-state index >= 15 is 0 Å². The number of rotatable bonds is 5. The normalized spacial score (nSPS) is 21.2. The Morgan fingerprint density at radius 2 is 1.90 bits per heavy atom. The minimum atomic E-state index is -3.69. The minimum Gasteiger partial charge on any atom is -0.481 e. The number of para-hydroxylation sites is 1. The first kappa shape index (κ1) is 14.5. The minimum absolute atomic E-state index is 0.0524. The van der Waals surface area contributed by atoms with Gasteiger partial charge in [0.15, 0.2) is 0 Å². The highest BCUT2D eigenvalue weighted by Gasteiger charge is 2.48. The molecule has 0 saturated heterocycles. The zero-order chi connectivity index (χ0) is 14.9. The Labute approximate surface area is 116 Å². The van der Waals surface area contributed by atoms with Gasteiger partial charge < -0.3 is 10.4 Å². The van der Waals surface area contributed by atoms with E-state index < -0.39 is 33.7 Å². The lowest BCUT2D eigenvalue weighted by Gasteiger charge is -2.10. The molecule has 1 aromatic carbocycles. The Hall–Kier alpha value is -1.93. The number of aliphatic carboxylic acids is 1. The molecule has 20 heavy (non-hydrogen) atoms. The van der Waals surface area contributed by atoms with Crippen LogP contribution in [0.2, 0.25) is 0 Å². The average molecular weight is 298 g/mol. The van der Waals surface area contributed by atoms with E-state index in [4.69, 9.17) is 5.11 Å². The van der Waals surface area contributed by atoms with Crippen molar-refractivity contribution in [1.82, 2.24) is 4.72 Å². The maximum Gasteiger partial charge on any atom is 0.307 e. The second-order valence-corrected chi connectivity index (χ2v) is 6.33. The fraction of sp³-hybridized carbons (Fsp3) is 0.333. The van der Waals surface area contributed by atoms with Crippen LogP contribution in [0.25, 0.3) is 0 Å². The van der Waals surface area contributed by atoms with Crippen LogP contribution in [0.3, 0.4) is 0 Å². The van der Waals surface area contributed by atoms with E-state index in [0.717, 1.165) is 0 Å². The van der Waals surface area contributed by atoms with Crippen LogP contribution in [0.1, 0.15) is 6.42 Å². The van der Waals surface area contributed by atoms with Gasteiger partial charge >= 0.3 is 5.97 Å². The molecular formula is C12H14N2O5S. The van der Waals surface area contributed by atoms with E-state index in [1.54, 1.807) is 6.07 Å². The molecule has 108 valence electrons. The molecule has 0 spiro atoms. The number of carbonyl (C=O) groups is 2. The van der Waals surface area contributed by atoms with Crippen LogP contribution in [-0.2, 0) is 19.6 Å². The summed E-state index contributed by atoms with van der Waals surface area (Å²) in [7, 11) is -2.42. The van der Waals surface area contributed by atoms with Crippen LogP contribution in [0.4, 0.5) is 5.69 Å². The van der Waals surface area contributed by atoms with E-state index in [-0.39, 0.29) is 17.0 Å². The average Bonchev–Trinajstić information content (AvgIpc) is 3.19. The molecule has 2 rings (SSSR count). The summed E-state index contributed by atoms with van der Waals surface area (Å²) in [6.07, 6.45) is 0.280. The predicted octanol–water partition coefficient (Wildman–Crippen LogP) is 0.254. The molecule has 1 aliphatic rings. The van der Waals surface area contributed by atoms with Crippen molar-refractivity contribution in [3.63, 3.8) is 0 Å². The number of carbonyl (C=O) groups excluding carboxylic acids is 1. The molecule has 2 unspecified atom stereocenters. The summed E-state index contributed by atoms with van der Waals surface area (Å²) < 4.78 is 25.8. The maximum atomic E-state index is 11.9. The molecule has 1 fully saturated rings. The summed E-state index contributed by atoms with van der Waals surface area (Å²) in [5.74, 6) is -2.77. The van der Waals surface area contributed by atoms with Crippen LogP contribution < -0.4 is 10.0 Å². The van der Waals surface area contributed by atoms with Gasteiger partial charge in [-0.25, -0.2) is 13.1 Å². The highest BCUT2D eigenvalue weighted by Crippen LogP contribution is 2.39. The van der Waals surface area contributed by atoms with Crippen LogP contribution in [0.15, 0.2) is 29.2 Å². The zero-order valence-electron chi connectivity index (χ0n) is 10.7. The van der Waals surface area contributed by atoms with Crippen LogP contribution in [0.5, 0.6) is 0 Å². The van der Waals surface area contributed by atoms with Gasteiger partial charge in [0.05, 0.1) is 17.5 Å².